The number of nitrogens with zero attached hydrogens (tertiary/aromatic N) is 1. The second-order valence-electron chi connectivity index (χ2n) is 4.02. The number of ether oxygens (including phenoxy) is 1. The number of anilines is 1. The van der Waals surface area contributed by atoms with Crippen LogP contribution in [0.2, 0.25) is 0 Å². The molecule has 0 radical (unpaired) electrons. The Labute approximate surface area is 101 Å². The van der Waals surface area contributed by atoms with E-state index in [1.54, 1.807) is 13.2 Å². The van der Waals surface area contributed by atoms with E-state index in [2.05, 4.69) is 0 Å². The molecule has 1 rings (SSSR count). The van der Waals surface area contributed by atoms with Crippen molar-refractivity contribution in [1.29, 1.82) is 0 Å². The number of methoxy groups -OCH3 is 1. The van der Waals surface area contributed by atoms with E-state index < -0.39 is 12.0 Å². The maximum atomic E-state index is 10.7. The number of hydrogen-bond donors (Lipinski definition) is 2. The van der Waals surface area contributed by atoms with Gasteiger partial charge in [0.15, 0.2) is 0 Å². The average molecular weight is 238 g/mol. The lowest BCUT2D eigenvalue weighted by Gasteiger charge is -2.21. The molecule has 0 aromatic heterocycles. The van der Waals surface area contributed by atoms with Crippen molar-refractivity contribution >= 4 is 11.7 Å². The molecule has 0 saturated carbocycles. The molecule has 1 aromatic carbocycles. The number of nitrogens with two attached hydrogens (primary N) is 1. The Balaban J connectivity index is 3.12. The van der Waals surface area contributed by atoms with Crippen LogP contribution in [0.5, 0.6) is 5.75 Å². The van der Waals surface area contributed by atoms with Crippen LogP contribution in [0.3, 0.4) is 0 Å². The minimum Gasteiger partial charge on any atom is -0.497 e. The number of carboxylic acid groups (broad SMARTS) is 1. The fourth-order valence-corrected chi connectivity index (χ4v) is 1.66. The Kier molecular flexibility index (Phi) is 4.34. The summed E-state index contributed by atoms with van der Waals surface area (Å²) in [5.74, 6) is -0.239. The number of carboxylic acids is 1. The van der Waals surface area contributed by atoms with Gasteiger partial charge in [-0.05, 0) is 23.8 Å². The molecular weight excluding hydrogens is 220 g/mol. The molecule has 17 heavy (non-hydrogen) atoms. The van der Waals surface area contributed by atoms with Crippen LogP contribution in [-0.2, 0) is 4.79 Å². The summed E-state index contributed by atoms with van der Waals surface area (Å²) in [7, 11) is 5.34. The zero-order valence-electron chi connectivity index (χ0n) is 10.3. The van der Waals surface area contributed by atoms with E-state index in [1.165, 1.54) is 0 Å². The van der Waals surface area contributed by atoms with Gasteiger partial charge in [0, 0.05) is 25.8 Å². The summed E-state index contributed by atoms with van der Waals surface area (Å²) in [6, 6.07) is 4.94. The number of aliphatic carboxylic acids is 1. The lowest BCUT2D eigenvalue weighted by molar-refractivity contribution is -0.137. The van der Waals surface area contributed by atoms with Gasteiger partial charge in [0.1, 0.15) is 5.75 Å². The molecule has 1 atom stereocenters. The van der Waals surface area contributed by atoms with Crippen molar-refractivity contribution in [3.8, 4) is 5.75 Å². The molecule has 1 unspecified atom stereocenters. The molecule has 5 heteroatoms. The van der Waals surface area contributed by atoms with Crippen molar-refractivity contribution < 1.29 is 14.6 Å². The molecule has 0 amide bonds. The van der Waals surface area contributed by atoms with Gasteiger partial charge >= 0.3 is 5.97 Å². The summed E-state index contributed by atoms with van der Waals surface area (Å²) in [6.07, 6.45) is -0.103. The molecule has 0 aliphatic carbocycles. The van der Waals surface area contributed by atoms with Crippen LogP contribution in [0.25, 0.3) is 0 Å². The minimum absolute atomic E-state index is 0.103. The molecule has 1 aromatic rings. The number of hydrogen-bond acceptors (Lipinski definition) is 4. The molecule has 3 N–H and O–H groups in total. The summed E-state index contributed by atoms with van der Waals surface area (Å²) in [6.45, 7) is 0. The Morgan fingerprint density at radius 1 is 1.53 bits per heavy atom. The Morgan fingerprint density at radius 2 is 2.18 bits per heavy atom. The summed E-state index contributed by atoms with van der Waals surface area (Å²) in [5.41, 5.74) is 7.57. The fourth-order valence-electron chi connectivity index (χ4n) is 1.66. The zero-order chi connectivity index (χ0) is 13.0. The first-order valence-electron chi connectivity index (χ1n) is 5.28. The van der Waals surface area contributed by atoms with Gasteiger partial charge in [-0.15, -0.1) is 0 Å². The first-order chi connectivity index (χ1) is 7.95. The van der Waals surface area contributed by atoms with E-state index in [9.17, 15) is 4.79 Å². The zero-order valence-corrected chi connectivity index (χ0v) is 10.3. The largest absolute Gasteiger partial charge is 0.497 e. The highest BCUT2D eigenvalue weighted by molar-refractivity contribution is 5.69. The van der Waals surface area contributed by atoms with Crippen molar-refractivity contribution in [3.05, 3.63) is 23.8 Å². The monoisotopic (exact) mass is 238 g/mol. The van der Waals surface area contributed by atoms with E-state index in [0.29, 0.717) is 5.75 Å². The second kappa shape index (κ2) is 5.54. The smallest absolute Gasteiger partial charge is 0.305 e. The van der Waals surface area contributed by atoms with Gasteiger partial charge in [-0.3, -0.25) is 4.79 Å². The molecule has 94 valence electrons. The van der Waals surface area contributed by atoms with Crippen LogP contribution < -0.4 is 15.4 Å². The predicted molar refractivity (Wildman–Crippen MR) is 66.5 cm³/mol. The topological polar surface area (TPSA) is 75.8 Å². The standard InChI is InChI=1S/C12H18N2O3/c1-14(2)11-5-4-8(17-3)6-9(11)10(13)7-12(15)16/h4-6,10H,7,13H2,1-3H3,(H,15,16). The van der Waals surface area contributed by atoms with Crippen LogP contribution in [-0.4, -0.2) is 32.3 Å². The van der Waals surface area contributed by atoms with Gasteiger partial charge in [-0.1, -0.05) is 0 Å². The summed E-state index contributed by atoms with van der Waals surface area (Å²) >= 11 is 0. The average Bonchev–Trinajstić information content (AvgIpc) is 2.27. The van der Waals surface area contributed by atoms with Gasteiger partial charge in [-0.25, -0.2) is 0 Å². The highest BCUT2D eigenvalue weighted by atomic mass is 16.5. The first-order valence-corrected chi connectivity index (χ1v) is 5.28. The number of rotatable bonds is 5. The number of carbonyl (C=O) groups is 1. The lowest BCUT2D eigenvalue weighted by atomic mass is 10.0. The van der Waals surface area contributed by atoms with Crippen LogP contribution in [0, 0.1) is 0 Å². The van der Waals surface area contributed by atoms with E-state index in [4.69, 9.17) is 15.6 Å². The third-order valence-electron chi connectivity index (χ3n) is 2.51. The van der Waals surface area contributed by atoms with Gasteiger partial charge in [0.05, 0.1) is 13.5 Å². The van der Waals surface area contributed by atoms with Crippen LogP contribution in [0.1, 0.15) is 18.0 Å². The maximum Gasteiger partial charge on any atom is 0.305 e. The SMILES string of the molecule is COc1ccc(N(C)C)c(C(N)CC(=O)O)c1. The third-order valence-corrected chi connectivity index (χ3v) is 2.51. The first kappa shape index (κ1) is 13.3. The van der Waals surface area contributed by atoms with E-state index in [1.807, 2.05) is 31.1 Å². The van der Waals surface area contributed by atoms with Crippen molar-refractivity contribution in [2.24, 2.45) is 5.73 Å². The van der Waals surface area contributed by atoms with Crippen LogP contribution in [0.4, 0.5) is 5.69 Å². The Bertz CT molecular complexity index is 405. The summed E-state index contributed by atoms with van der Waals surface area (Å²) < 4.78 is 5.12. The predicted octanol–water partition coefficient (Wildman–Crippen LogP) is 1.24. The molecule has 0 bridgehead atoms. The van der Waals surface area contributed by atoms with Crippen molar-refractivity contribution in [1.82, 2.24) is 0 Å². The second-order valence-corrected chi connectivity index (χ2v) is 4.02. The summed E-state index contributed by atoms with van der Waals surface area (Å²) in [4.78, 5) is 12.6. The highest BCUT2D eigenvalue weighted by Crippen LogP contribution is 2.29. The number of benzene rings is 1. The van der Waals surface area contributed by atoms with Gasteiger partial charge in [0.25, 0.3) is 0 Å². The van der Waals surface area contributed by atoms with E-state index in [0.717, 1.165) is 11.3 Å². The molecule has 0 aliphatic rings. The third kappa shape index (κ3) is 3.35. The molecule has 5 nitrogen and oxygen atoms in total. The molecule has 0 fully saturated rings. The van der Waals surface area contributed by atoms with Gasteiger partial charge in [-0.2, -0.15) is 0 Å². The van der Waals surface area contributed by atoms with Gasteiger partial charge < -0.3 is 20.5 Å². The van der Waals surface area contributed by atoms with E-state index in [-0.39, 0.29) is 6.42 Å². The molecule has 0 aliphatic heterocycles. The van der Waals surface area contributed by atoms with Crippen LogP contribution in [0.15, 0.2) is 18.2 Å². The molecule has 0 spiro atoms. The van der Waals surface area contributed by atoms with Crippen LogP contribution >= 0.6 is 0 Å². The normalized spacial score (nSPS) is 12.0. The Morgan fingerprint density at radius 3 is 2.65 bits per heavy atom. The van der Waals surface area contributed by atoms with E-state index >= 15 is 0 Å². The fraction of sp³-hybridized carbons (Fsp3) is 0.417. The lowest BCUT2D eigenvalue weighted by Crippen LogP contribution is -2.19. The van der Waals surface area contributed by atoms with Crippen molar-refractivity contribution in [2.75, 3.05) is 26.1 Å². The van der Waals surface area contributed by atoms with Crippen molar-refractivity contribution in [2.45, 2.75) is 12.5 Å². The maximum absolute atomic E-state index is 10.7. The summed E-state index contributed by atoms with van der Waals surface area (Å²) in [5, 5.41) is 8.78. The highest BCUT2D eigenvalue weighted by Gasteiger charge is 2.16. The van der Waals surface area contributed by atoms with Gasteiger partial charge in [0.2, 0.25) is 0 Å². The Hall–Kier alpha value is -1.75. The minimum atomic E-state index is -0.912. The quantitative estimate of drug-likeness (QED) is 0.807. The molecule has 0 heterocycles. The molecular formula is C12H18N2O3. The molecule has 0 saturated heterocycles. The van der Waals surface area contributed by atoms with Crippen molar-refractivity contribution in [3.63, 3.8) is 0 Å².